The lowest BCUT2D eigenvalue weighted by Crippen LogP contribution is -1.95. The van der Waals surface area contributed by atoms with Crippen LogP contribution in [0, 0.1) is 0 Å². The van der Waals surface area contributed by atoms with Crippen LogP contribution in [-0.4, -0.2) is 31.9 Å². The van der Waals surface area contributed by atoms with Gasteiger partial charge in [0.15, 0.2) is 0 Å². The molecule has 0 unspecified atom stereocenters. The Hall–Kier alpha value is 0.260. The summed E-state index contributed by atoms with van der Waals surface area (Å²) in [5.41, 5.74) is 0. The highest BCUT2D eigenvalue weighted by Crippen LogP contribution is 2.42. The van der Waals surface area contributed by atoms with Crippen LogP contribution >= 0.6 is 15.2 Å². The van der Waals surface area contributed by atoms with Gasteiger partial charge in [-0.25, -0.2) is 0 Å². The van der Waals surface area contributed by atoms with Crippen molar-refractivity contribution in [2.45, 2.75) is 0 Å². The summed E-state index contributed by atoms with van der Waals surface area (Å²) in [6, 6.07) is 0. The fourth-order valence-corrected chi connectivity index (χ4v) is 2.34. The number of hydrogen-bond donors (Lipinski definition) is 5. The van der Waals surface area contributed by atoms with Crippen LogP contribution in [0.25, 0.3) is 0 Å². The Balaban J connectivity index is 0. The van der Waals surface area contributed by atoms with Gasteiger partial charge in [-0.15, -0.1) is 0 Å². The summed E-state index contributed by atoms with van der Waals surface area (Å²) in [6.45, 7) is 0. The molecule has 0 fully saturated rings. The van der Waals surface area contributed by atoms with Gasteiger partial charge in [-0.1, -0.05) is 0 Å². The van der Waals surface area contributed by atoms with E-state index in [2.05, 4.69) is 0 Å². The minimum atomic E-state index is -4.25. The Morgan fingerprint density at radius 3 is 1.09 bits per heavy atom. The molecule has 0 saturated carbocycles. The minimum Gasteiger partial charge on any atom is -0.344 e. The van der Waals surface area contributed by atoms with Crippen LogP contribution in [0.1, 0.15) is 0 Å². The summed E-state index contributed by atoms with van der Waals surface area (Å²) in [7, 11) is -8.51. The van der Waals surface area contributed by atoms with Crippen molar-refractivity contribution in [3.8, 4) is 0 Å². The summed E-state index contributed by atoms with van der Waals surface area (Å²) < 4.78 is 20.1. The van der Waals surface area contributed by atoms with Gasteiger partial charge in [-0.05, 0) is 0 Å². The predicted molar refractivity (Wildman–Crippen MR) is 38.8 cm³/mol. The first-order valence-corrected chi connectivity index (χ1v) is 5.89. The zero-order chi connectivity index (χ0) is 8.41. The summed E-state index contributed by atoms with van der Waals surface area (Å²) in [4.78, 5) is 32.6. The lowest BCUT2D eigenvalue weighted by Gasteiger charge is -2.03. The predicted octanol–water partition coefficient (Wildman–Crippen LogP) is -0.496. The second kappa shape index (κ2) is 4.33. The van der Waals surface area contributed by atoms with Crippen molar-refractivity contribution >= 4 is 15.2 Å². The molecule has 0 amide bonds. The van der Waals surface area contributed by atoms with E-state index in [0.29, 0.717) is 0 Å². The SMILES string of the molecule is N.O=P(O)(O)CCP(=O)(O)O. The highest BCUT2D eigenvalue weighted by atomic mass is 31.2. The Morgan fingerprint density at radius 1 is 0.818 bits per heavy atom. The van der Waals surface area contributed by atoms with E-state index in [4.69, 9.17) is 19.6 Å². The monoisotopic (exact) mass is 207 g/mol. The lowest BCUT2D eigenvalue weighted by molar-refractivity contribution is 0.360. The topological polar surface area (TPSA) is 150 Å². The number of rotatable bonds is 3. The average Bonchev–Trinajstić information content (AvgIpc) is 1.57. The summed E-state index contributed by atoms with van der Waals surface area (Å²) in [5.74, 6) is 0. The van der Waals surface area contributed by atoms with Gasteiger partial charge in [0, 0.05) is 0 Å². The highest BCUT2D eigenvalue weighted by Gasteiger charge is 2.20. The van der Waals surface area contributed by atoms with E-state index in [0.717, 1.165) is 0 Å². The van der Waals surface area contributed by atoms with E-state index in [1.807, 2.05) is 0 Å². The molecular formula is C2H11NO6P2. The Kier molecular flexibility index (Phi) is 5.44. The van der Waals surface area contributed by atoms with Crippen molar-refractivity contribution in [2.24, 2.45) is 0 Å². The summed E-state index contributed by atoms with van der Waals surface area (Å²) in [5, 5.41) is 0. The molecule has 0 bridgehead atoms. The average molecular weight is 207 g/mol. The second-order valence-electron chi connectivity index (χ2n) is 1.78. The largest absolute Gasteiger partial charge is 0.344 e. The smallest absolute Gasteiger partial charge is 0.326 e. The van der Waals surface area contributed by atoms with Crippen molar-refractivity contribution in [1.29, 1.82) is 0 Å². The van der Waals surface area contributed by atoms with Crippen LogP contribution in [0.3, 0.4) is 0 Å². The van der Waals surface area contributed by atoms with Gasteiger partial charge in [-0.3, -0.25) is 9.13 Å². The molecule has 0 rings (SSSR count). The van der Waals surface area contributed by atoms with E-state index in [9.17, 15) is 9.13 Å². The van der Waals surface area contributed by atoms with Crippen molar-refractivity contribution in [3.63, 3.8) is 0 Å². The fourth-order valence-electron chi connectivity index (χ4n) is 0.261. The molecule has 0 aromatic rings. The Morgan fingerprint density at radius 2 is 1.00 bits per heavy atom. The molecule has 7 N–H and O–H groups in total. The molecule has 9 heteroatoms. The Bertz CT molecular complexity index is 169. The van der Waals surface area contributed by atoms with Crippen molar-refractivity contribution in [3.05, 3.63) is 0 Å². The van der Waals surface area contributed by atoms with Crippen LogP contribution in [0.5, 0.6) is 0 Å². The molecule has 0 saturated heterocycles. The third-order valence-corrected chi connectivity index (χ3v) is 2.65. The minimum absolute atomic E-state index is 0. The van der Waals surface area contributed by atoms with Gasteiger partial charge in [0.1, 0.15) is 0 Å². The first-order chi connectivity index (χ1) is 4.21. The molecule has 0 aliphatic rings. The molecule has 0 spiro atoms. The molecule has 0 aliphatic carbocycles. The van der Waals surface area contributed by atoms with Crippen molar-refractivity contribution in [2.75, 3.05) is 12.3 Å². The molecule has 0 aromatic heterocycles. The maximum absolute atomic E-state index is 10.0. The molecule has 0 aliphatic heterocycles. The van der Waals surface area contributed by atoms with E-state index < -0.39 is 27.5 Å². The summed E-state index contributed by atoms with van der Waals surface area (Å²) in [6.07, 6.45) is -1.53. The molecule has 7 nitrogen and oxygen atoms in total. The van der Waals surface area contributed by atoms with Gasteiger partial charge in [0.2, 0.25) is 0 Å². The molecular weight excluding hydrogens is 196 g/mol. The second-order valence-corrected chi connectivity index (χ2v) is 5.33. The zero-order valence-corrected chi connectivity index (χ0v) is 7.41. The van der Waals surface area contributed by atoms with Crippen LogP contribution in [0.15, 0.2) is 0 Å². The van der Waals surface area contributed by atoms with E-state index in [1.165, 1.54) is 0 Å². The third-order valence-electron chi connectivity index (χ3n) is 0.683. The van der Waals surface area contributed by atoms with Gasteiger partial charge < -0.3 is 25.7 Å². The third kappa shape index (κ3) is 13.3. The van der Waals surface area contributed by atoms with E-state index >= 15 is 0 Å². The van der Waals surface area contributed by atoms with Crippen molar-refractivity contribution < 1.29 is 28.7 Å². The van der Waals surface area contributed by atoms with Gasteiger partial charge in [-0.2, -0.15) is 0 Å². The highest BCUT2D eigenvalue weighted by molar-refractivity contribution is 7.56. The normalized spacial score (nSPS) is 12.4. The zero-order valence-electron chi connectivity index (χ0n) is 5.62. The van der Waals surface area contributed by atoms with E-state index in [1.54, 1.807) is 0 Å². The maximum Gasteiger partial charge on any atom is 0.326 e. The summed E-state index contributed by atoms with van der Waals surface area (Å²) >= 11 is 0. The first-order valence-electron chi connectivity index (χ1n) is 2.30. The first kappa shape index (κ1) is 13.8. The molecule has 11 heavy (non-hydrogen) atoms. The van der Waals surface area contributed by atoms with Gasteiger partial charge in [0.05, 0.1) is 12.3 Å². The quantitative estimate of drug-likeness (QED) is 0.391. The van der Waals surface area contributed by atoms with Gasteiger partial charge >= 0.3 is 15.2 Å². The standard InChI is InChI=1S/C2H8O6P2.H3N/c3-9(4,5)1-2-10(6,7)8;/h1-2H2,(H2,3,4,5)(H2,6,7,8);1H3. The molecule has 0 radical (unpaired) electrons. The molecule has 0 atom stereocenters. The maximum atomic E-state index is 10.0. The van der Waals surface area contributed by atoms with Crippen LogP contribution in [0.2, 0.25) is 0 Å². The van der Waals surface area contributed by atoms with Crippen LogP contribution in [0.4, 0.5) is 0 Å². The van der Waals surface area contributed by atoms with Crippen LogP contribution < -0.4 is 6.15 Å². The van der Waals surface area contributed by atoms with E-state index in [-0.39, 0.29) is 6.15 Å². The van der Waals surface area contributed by atoms with Gasteiger partial charge in [0.25, 0.3) is 0 Å². The Labute approximate surface area is 63.3 Å². The van der Waals surface area contributed by atoms with Crippen LogP contribution in [-0.2, 0) is 9.13 Å². The molecule has 0 aromatic carbocycles. The molecule has 70 valence electrons. The number of hydrogen-bond acceptors (Lipinski definition) is 3. The lowest BCUT2D eigenvalue weighted by atomic mass is 11.0. The van der Waals surface area contributed by atoms with Crippen molar-refractivity contribution in [1.82, 2.24) is 6.15 Å². The fraction of sp³-hybridized carbons (Fsp3) is 1.00. The molecule has 0 heterocycles.